The van der Waals surface area contributed by atoms with Crippen LogP contribution in [-0.2, 0) is 12.8 Å². The highest BCUT2D eigenvalue weighted by molar-refractivity contribution is 5.93. The van der Waals surface area contributed by atoms with Gasteiger partial charge in [0, 0.05) is 41.3 Å². The first-order valence-corrected chi connectivity index (χ1v) is 10.8. The van der Waals surface area contributed by atoms with Crippen LogP contribution in [0.3, 0.4) is 0 Å². The van der Waals surface area contributed by atoms with Gasteiger partial charge in [0.05, 0.1) is 12.4 Å². The van der Waals surface area contributed by atoms with Crippen molar-refractivity contribution in [2.75, 3.05) is 5.32 Å². The lowest BCUT2D eigenvalue weighted by Gasteiger charge is -2.24. The topological polar surface area (TPSA) is 101 Å². The molecule has 9 heteroatoms. The molecule has 0 saturated carbocycles. The molecule has 1 atom stereocenters. The summed E-state index contributed by atoms with van der Waals surface area (Å²) in [5, 5.41) is 9.22. The molecule has 1 aliphatic rings. The molecule has 1 aromatic carbocycles. The summed E-state index contributed by atoms with van der Waals surface area (Å²) in [6, 6.07) is 9.75. The standard InChI is InChI=1S/C24H20FN7O/c1-13(33)21-12-27-24-23(30-22(31-32(21)24)14-8-15(25)11-26-10-14)28-16-6-7-20-18(9-16)17-4-2-3-5-19(17)29-20/h2-5,8,10-12,16,29H,6-7,9H2,1H3,(H,28,30,31)/t16-/m1/s1. The van der Waals surface area contributed by atoms with Crippen LogP contribution in [-0.4, -0.2) is 41.4 Å². The van der Waals surface area contributed by atoms with E-state index in [1.54, 1.807) is 0 Å². The molecule has 0 saturated heterocycles. The van der Waals surface area contributed by atoms with Gasteiger partial charge in [-0.15, -0.1) is 5.10 Å². The summed E-state index contributed by atoms with van der Waals surface area (Å²) in [4.78, 5) is 28.6. The zero-order chi connectivity index (χ0) is 22.5. The molecule has 0 unspecified atom stereocenters. The Morgan fingerprint density at radius 2 is 2.12 bits per heavy atom. The summed E-state index contributed by atoms with van der Waals surface area (Å²) in [6.45, 7) is 1.46. The number of anilines is 1. The van der Waals surface area contributed by atoms with E-state index in [2.05, 4.69) is 48.6 Å². The molecule has 33 heavy (non-hydrogen) atoms. The van der Waals surface area contributed by atoms with Crippen molar-refractivity contribution < 1.29 is 9.18 Å². The summed E-state index contributed by atoms with van der Waals surface area (Å²) >= 11 is 0. The number of aryl methyl sites for hydroxylation is 1. The van der Waals surface area contributed by atoms with Crippen LogP contribution in [0.1, 0.15) is 35.1 Å². The fourth-order valence-corrected chi connectivity index (χ4v) is 4.56. The van der Waals surface area contributed by atoms with Gasteiger partial charge in [0.1, 0.15) is 11.5 Å². The Kier molecular flexibility index (Phi) is 4.42. The smallest absolute Gasteiger partial charge is 0.197 e. The monoisotopic (exact) mass is 441 g/mol. The average Bonchev–Trinajstić information content (AvgIpc) is 3.41. The van der Waals surface area contributed by atoms with Gasteiger partial charge in [0.25, 0.3) is 0 Å². The number of hydrogen-bond acceptors (Lipinski definition) is 6. The molecular formula is C24H20FN7O. The first-order valence-electron chi connectivity index (χ1n) is 10.8. The Bertz CT molecular complexity index is 1540. The van der Waals surface area contributed by atoms with Crippen molar-refractivity contribution in [3.05, 3.63) is 71.7 Å². The minimum atomic E-state index is -0.484. The van der Waals surface area contributed by atoms with Crippen molar-refractivity contribution in [3.8, 4) is 11.4 Å². The fourth-order valence-electron chi connectivity index (χ4n) is 4.56. The van der Waals surface area contributed by atoms with Crippen LogP contribution in [0, 0.1) is 5.82 Å². The summed E-state index contributed by atoms with van der Waals surface area (Å²) in [6.07, 6.45) is 6.76. The fraction of sp³-hybridized carbons (Fsp3) is 0.208. The number of para-hydroxylation sites is 1. The number of aromatic amines is 1. The summed E-state index contributed by atoms with van der Waals surface area (Å²) in [7, 11) is 0. The number of aromatic nitrogens is 6. The lowest BCUT2D eigenvalue weighted by atomic mass is 9.91. The highest BCUT2D eigenvalue weighted by Crippen LogP contribution is 2.31. The first-order chi connectivity index (χ1) is 16.1. The van der Waals surface area contributed by atoms with Crippen LogP contribution in [0.15, 0.2) is 48.9 Å². The zero-order valence-corrected chi connectivity index (χ0v) is 17.8. The molecule has 0 aliphatic heterocycles. The SMILES string of the molecule is CC(=O)c1cnc2c(N[C@@H]3CCc4[nH]c5ccccc5c4C3)nc(-c3cncc(F)c3)nn12. The maximum Gasteiger partial charge on any atom is 0.197 e. The second kappa shape index (κ2) is 7.47. The number of carbonyl (C=O) groups is 1. The van der Waals surface area contributed by atoms with Gasteiger partial charge in [-0.1, -0.05) is 18.2 Å². The molecule has 1 aliphatic carbocycles. The van der Waals surface area contributed by atoms with E-state index in [1.807, 2.05) is 6.07 Å². The summed E-state index contributed by atoms with van der Waals surface area (Å²) < 4.78 is 15.3. The number of imidazole rings is 1. The number of nitrogens with one attached hydrogen (secondary N) is 2. The number of rotatable bonds is 4. The van der Waals surface area contributed by atoms with Crippen molar-refractivity contribution in [2.24, 2.45) is 0 Å². The minimum Gasteiger partial charge on any atom is -0.364 e. The van der Waals surface area contributed by atoms with Crippen LogP contribution in [0.2, 0.25) is 0 Å². The first kappa shape index (κ1) is 19.5. The van der Waals surface area contributed by atoms with Crippen LogP contribution in [0.25, 0.3) is 27.9 Å². The van der Waals surface area contributed by atoms with E-state index in [0.717, 1.165) is 31.0 Å². The molecule has 0 amide bonds. The molecule has 5 aromatic rings. The van der Waals surface area contributed by atoms with Gasteiger partial charge >= 0.3 is 0 Å². The highest BCUT2D eigenvalue weighted by atomic mass is 19.1. The minimum absolute atomic E-state index is 0.117. The van der Waals surface area contributed by atoms with Crippen LogP contribution >= 0.6 is 0 Å². The second-order valence-electron chi connectivity index (χ2n) is 8.32. The summed E-state index contributed by atoms with van der Waals surface area (Å²) in [5.74, 6) is 0.116. The molecule has 0 spiro atoms. The van der Waals surface area contributed by atoms with Gasteiger partial charge in [-0.2, -0.15) is 0 Å². The van der Waals surface area contributed by atoms with Crippen molar-refractivity contribution in [2.45, 2.75) is 32.2 Å². The third kappa shape index (κ3) is 3.32. The quantitative estimate of drug-likeness (QED) is 0.409. The van der Waals surface area contributed by atoms with Gasteiger partial charge in [-0.05, 0) is 37.0 Å². The van der Waals surface area contributed by atoms with Crippen molar-refractivity contribution >= 4 is 28.2 Å². The second-order valence-corrected chi connectivity index (χ2v) is 8.32. The Labute approximate surface area is 187 Å². The Balaban J connectivity index is 1.42. The molecule has 0 fully saturated rings. The molecule has 0 radical (unpaired) electrons. The van der Waals surface area contributed by atoms with E-state index < -0.39 is 5.82 Å². The molecular weight excluding hydrogens is 421 g/mol. The molecule has 0 bridgehead atoms. The third-order valence-electron chi connectivity index (χ3n) is 6.12. The largest absolute Gasteiger partial charge is 0.364 e. The molecule has 8 nitrogen and oxygen atoms in total. The Morgan fingerprint density at radius 3 is 2.97 bits per heavy atom. The van der Waals surface area contributed by atoms with E-state index in [9.17, 15) is 9.18 Å². The molecule has 4 heterocycles. The van der Waals surface area contributed by atoms with Crippen LogP contribution < -0.4 is 5.32 Å². The number of hydrogen-bond donors (Lipinski definition) is 2. The normalized spacial score (nSPS) is 15.6. The number of ketones is 1. The predicted molar refractivity (Wildman–Crippen MR) is 122 cm³/mol. The van der Waals surface area contributed by atoms with Crippen molar-refractivity contribution in [1.82, 2.24) is 29.5 Å². The number of nitrogens with zero attached hydrogens (tertiary/aromatic N) is 5. The van der Waals surface area contributed by atoms with E-state index in [4.69, 9.17) is 0 Å². The number of H-pyrrole nitrogens is 1. The average molecular weight is 441 g/mol. The van der Waals surface area contributed by atoms with Gasteiger partial charge in [-0.3, -0.25) is 9.78 Å². The van der Waals surface area contributed by atoms with Gasteiger partial charge in [0.15, 0.2) is 23.1 Å². The highest BCUT2D eigenvalue weighted by Gasteiger charge is 2.25. The van der Waals surface area contributed by atoms with Gasteiger partial charge in [-0.25, -0.2) is 18.9 Å². The maximum absolute atomic E-state index is 13.8. The maximum atomic E-state index is 13.8. The summed E-state index contributed by atoms with van der Waals surface area (Å²) in [5.41, 5.74) is 4.94. The molecule has 4 aromatic heterocycles. The van der Waals surface area contributed by atoms with Gasteiger partial charge < -0.3 is 10.3 Å². The van der Waals surface area contributed by atoms with Crippen molar-refractivity contribution in [1.29, 1.82) is 0 Å². The number of halogens is 1. The molecule has 2 N–H and O–H groups in total. The zero-order valence-electron chi connectivity index (χ0n) is 17.8. The van der Waals surface area contributed by atoms with E-state index >= 15 is 0 Å². The molecule has 164 valence electrons. The van der Waals surface area contributed by atoms with Crippen molar-refractivity contribution in [3.63, 3.8) is 0 Å². The Morgan fingerprint density at radius 1 is 1.24 bits per heavy atom. The molecule has 6 rings (SSSR count). The number of Topliss-reactive ketones (excluding diaryl/α,β-unsaturated/α-hetero) is 1. The van der Waals surface area contributed by atoms with E-state index in [1.165, 1.54) is 46.5 Å². The Hall–Kier alpha value is -4.14. The predicted octanol–water partition coefficient (Wildman–Crippen LogP) is 3.98. The van der Waals surface area contributed by atoms with Crippen LogP contribution in [0.5, 0.6) is 0 Å². The van der Waals surface area contributed by atoms with E-state index in [-0.39, 0.29) is 17.6 Å². The van der Waals surface area contributed by atoms with Crippen LogP contribution in [0.4, 0.5) is 10.2 Å². The number of fused-ring (bicyclic) bond motifs is 4. The lowest BCUT2D eigenvalue weighted by Crippen LogP contribution is -2.28. The lowest BCUT2D eigenvalue weighted by molar-refractivity contribution is 0.101. The number of carbonyl (C=O) groups excluding carboxylic acids is 1. The third-order valence-corrected chi connectivity index (χ3v) is 6.12. The number of benzene rings is 1. The van der Waals surface area contributed by atoms with Gasteiger partial charge in [0.2, 0.25) is 0 Å². The van der Waals surface area contributed by atoms with E-state index in [0.29, 0.717) is 22.7 Å². The number of pyridine rings is 1.